The molecule has 0 saturated carbocycles. The van der Waals surface area contributed by atoms with Crippen LogP contribution in [0.2, 0.25) is 5.15 Å². The number of carbonyl (C=O) groups is 1. The first-order valence-electron chi connectivity index (χ1n) is 12.5. The van der Waals surface area contributed by atoms with Gasteiger partial charge >= 0.3 is 6.09 Å². The first kappa shape index (κ1) is 25.7. The van der Waals surface area contributed by atoms with E-state index in [1.807, 2.05) is 27.7 Å². The van der Waals surface area contributed by atoms with Gasteiger partial charge in [0.2, 0.25) is 5.88 Å². The fourth-order valence-corrected chi connectivity index (χ4v) is 6.47. The molecule has 0 aliphatic carbocycles. The van der Waals surface area contributed by atoms with Gasteiger partial charge in [0, 0.05) is 30.7 Å². The van der Waals surface area contributed by atoms with Crippen LogP contribution in [-0.4, -0.2) is 68.5 Å². The van der Waals surface area contributed by atoms with Gasteiger partial charge in [0.1, 0.15) is 17.5 Å². The summed E-state index contributed by atoms with van der Waals surface area (Å²) in [6.45, 7) is 9.21. The molecule has 0 radical (unpaired) electrons. The molecule has 5 rings (SSSR count). The summed E-state index contributed by atoms with van der Waals surface area (Å²) in [5.74, 6) is -0.0226. The summed E-state index contributed by atoms with van der Waals surface area (Å²) < 4.78 is 27.6. The van der Waals surface area contributed by atoms with Gasteiger partial charge in [0.15, 0.2) is 11.0 Å². The number of ether oxygens (including phenoxy) is 2. The van der Waals surface area contributed by atoms with Gasteiger partial charge < -0.3 is 19.5 Å². The zero-order valence-corrected chi connectivity index (χ0v) is 22.4. The Bertz CT molecular complexity index is 1330. The summed E-state index contributed by atoms with van der Waals surface area (Å²) in [6, 6.07) is 1.58. The molecule has 0 spiro atoms. The number of aliphatic hydroxyl groups excluding tert-OH is 1. The summed E-state index contributed by atoms with van der Waals surface area (Å²) >= 11 is 6.20. The number of rotatable bonds is 3. The Hall–Kier alpha value is -2.90. The Kier molecular flexibility index (Phi) is 6.15. The number of anilines is 1. The van der Waals surface area contributed by atoms with Gasteiger partial charge in [-0.2, -0.15) is 10.2 Å². The topological polar surface area (TPSA) is 112 Å². The highest BCUT2D eigenvalue weighted by molar-refractivity contribution is 6.30. The van der Waals surface area contributed by atoms with E-state index in [-0.39, 0.29) is 48.0 Å². The van der Waals surface area contributed by atoms with Crippen molar-refractivity contribution in [2.24, 2.45) is 0 Å². The number of aryl methyl sites for hydroxylation is 1. The van der Waals surface area contributed by atoms with Crippen molar-refractivity contribution in [3.63, 3.8) is 0 Å². The fraction of sp³-hybridized carbons (Fsp3) is 0.615. The van der Waals surface area contributed by atoms with E-state index in [2.05, 4.69) is 16.0 Å². The molecule has 2 aromatic rings. The third-order valence-corrected chi connectivity index (χ3v) is 7.95. The fourth-order valence-electron chi connectivity index (χ4n) is 6.30. The van der Waals surface area contributed by atoms with Gasteiger partial charge in [0.25, 0.3) is 0 Å². The molecule has 1 amide bonds. The number of nitrogens with zero attached hydrogens (tertiary/aromatic N) is 5. The summed E-state index contributed by atoms with van der Waals surface area (Å²) in [7, 11) is 0. The number of aliphatic hydroxyl groups is 1. The van der Waals surface area contributed by atoms with Crippen LogP contribution in [0.1, 0.15) is 58.2 Å². The minimum atomic E-state index is -0.809. The minimum Gasteiger partial charge on any atom is -0.472 e. The van der Waals surface area contributed by atoms with E-state index in [0.717, 1.165) is 0 Å². The Morgan fingerprint density at radius 3 is 2.76 bits per heavy atom. The molecule has 2 saturated heterocycles. The van der Waals surface area contributed by atoms with Gasteiger partial charge in [-0.15, -0.1) is 0 Å². The zero-order chi connectivity index (χ0) is 26.9. The van der Waals surface area contributed by atoms with E-state index in [4.69, 9.17) is 26.1 Å². The Morgan fingerprint density at radius 1 is 1.38 bits per heavy atom. The second-order valence-electron chi connectivity index (χ2n) is 11.2. The van der Waals surface area contributed by atoms with Crippen LogP contribution in [0.4, 0.5) is 15.0 Å². The minimum absolute atomic E-state index is 0.111. The third kappa shape index (κ3) is 3.94. The summed E-state index contributed by atoms with van der Waals surface area (Å²) in [5.41, 5.74) is -0.406. The first-order valence-corrected chi connectivity index (χ1v) is 12.9. The van der Waals surface area contributed by atoms with Crippen molar-refractivity contribution in [3.8, 4) is 11.9 Å². The van der Waals surface area contributed by atoms with E-state index in [9.17, 15) is 15.2 Å². The van der Waals surface area contributed by atoms with Gasteiger partial charge in [-0.05, 0) is 53.0 Å². The molecule has 4 atom stereocenters. The molecule has 3 aliphatic rings. The van der Waals surface area contributed by atoms with Crippen LogP contribution in [0.25, 0.3) is 10.8 Å². The molecule has 1 N–H and O–H groups in total. The van der Waals surface area contributed by atoms with Gasteiger partial charge in [-0.3, -0.25) is 4.90 Å². The molecule has 5 heterocycles. The van der Waals surface area contributed by atoms with E-state index in [0.29, 0.717) is 41.8 Å². The molecule has 2 bridgehead atoms. The van der Waals surface area contributed by atoms with Crippen molar-refractivity contribution in [1.82, 2.24) is 14.9 Å². The van der Waals surface area contributed by atoms with Crippen LogP contribution < -0.4 is 9.64 Å². The maximum atomic E-state index is 15.5. The number of carbonyl (C=O) groups excluding carboxylic acids is 1. The number of hydrogen-bond acceptors (Lipinski definition) is 8. The number of amides is 1. The van der Waals surface area contributed by atoms with E-state index >= 15 is 4.39 Å². The lowest BCUT2D eigenvalue weighted by atomic mass is 9.89. The molecule has 0 aromatic carbocycles. The smallest absolute Gasteiger partial charge is 0.411 e. The lowest BCUT2D eigenvalue weighted by molar-refractivity contribution is -0.0196. The summed E-state index contributed by atoms with van der Waals surface area (Å²) in [5, 5.41) is 19.9. The number of nitriles is 1. The van der Waals surface area contributed by atoms with Gasteiger partial charge in [-0.1, -0.05) is 11.6 Å². The monoisotopic (exact) mass is 531 g/mol. The van der Waals surface area contributed by atoms with Crippen LogP contribution >= 0.6 is 11.6 Å². The predicted molar refractivity (Wildman–Crippen MR) is 135 cm³/mol. The van der Waals surface area contributed by atoms with Gasteiger partial charge in [0.05, 0.1) is 35.5 Å². The maximum Gasteiger partial charge on any atom is 0.411 e. The molecule has 9 nitrogen and oxygen atoms in total. The summed E-state index contributed by atoms with van der Waals surface area (Å²) in [6.07, 6.45) is 0.667. The molecule has 3 aliphatic heterocycles. The van der Waals surface area contributed by atoms with Crippen LogP contribution in [0.5, 0.6) is 5.88 Å². The quantitative estimate of drug-likeness (QED) is 0.584. The highest BCUT2D eigenvalue weighted by atomic mass is 35.5. The third-order valence-electron chi connectivity index (χ3n) is 7.70. The molecule has 2 aromatic heterocycles. The lowest BCUT2D eigenvalue weighted by Gasteiger charge is -2.53. The SMILES string of the molecule is Cc1c(CCO)nc2c3c(nc(Cl)c(F)c13)O[C@@H](C)[C@@H]1[C@@H]3CC[C@](CC#N)(CN21)N3C(=O)OC(C)(C)C. The molecular weight excluding hydrogens is 501 g/mol. The Labute approximate surface area is 220 Å². The van der Waals surface area contributed by atoms with Crippen molar-refractivity contribution in [2.45, 2.75) is 89.6 Å². The average Bonchev–Trinajstić information content (AvgIpc) is 3.00. The van der Waals surface area contributed by atoms with Crippen molar-refractivity contribution in [3.05, 3.63) is 22.2 Å². The van der Waals surface area contributed by atoms with Crippen LogP contribution in [0, 0.1) is 24.1 Å². The number of halogens is 2. The normalized spacial score (nSPS) is 26.4. The number of piperazine rings is 1. The number of aromatic nitrogens is 2. The Morgan fingerprint density at radius 2 is 2.11 bits per heavy atom. The molecule has 198 valence electrons. The van der Waals surface area contributed by atoms with E-state index < -0.39 is 29.2 Å². The van der Waals surface area contributed by atoms with Crippen molar-refractivity contribution in [1.29, 1.82) is 5.26 Å². The zero-order valence-electron chi connectivity index (χ0n) is 21.6. The average molecular weight is 532 g/mol. The summed E-state index contributed by atoms with van der Waals surface area (Å²) in [4.78, 5) is 26.4. The second-order valence-corrected chi connectivity index (χ2v) is 11.6. The van der Waals surface area contributed by atoms with E-state index in [1.54, 1.807) is 11.8 Å². The number of hydrogen-bond donors (Lipinski definition) is 1. The molecule has 0 unspecified atom stereocenters. The largest absolute Gasteiger partial charge is 0.472 e. The van der Waals surface area contributed by atoms with Crippen molar-refractivity contribution >= 4 is 34.3 Å². The van der Waals surface area contributed by atoms with Crippen LogP contribution in [0.15, 0.2) is 0 Å². The van der Waals surface area contributed by atoms with Crippen LogP contribution in [0.3, 0.4) is 0 Å². The second kappa shape index (κ2) is 8.84. The first-order chi connectivity index (χ1) is 17.4. The number of pyridine rings is 2. The molecule has 2 fully saturated rings. The predicted octanol–water partition coefficient (Wildman–Crippen LogP) is 4.29. The van der Waals surface area contributed by atoms with E-state index in [1.165, 1.54) is 0 Å². The standard InChI is InChI=1S/C26H31ClFN5O4/c1-13-15(7-11-34)30-22-18-17(13)19(28)21(27)31-23(18)36-14(2)20-16-6-8-26(9-10-29,12-32(20)22)33(16)24(35)37-25(3,4)5/h14,16,20,34H,6-9,11-12H2,1-5H3/t14-,16-,20+,26-/m0/s1. The van der Waals surface area contributed by atoms with Crippen molar-refractivity contribution in [2.75, 3.05) is 18.1 Å². The lowest BCUT2D eigenvalue weighted by Crippen LogP contribution is -2.70. The van der Waals surface area contributed by atoms with Gasteiger partial charge in [-0.25, -0.2) is 14.2 Å². The van der Waals surface area contributed by atoms with Crippen LogP contribution in [-0.2, 0) is 11.2 Å². The Balaban J connectivity index is 1.73. The number of fused-ring (bicyclic) bond motifs is 5. The maximum absolute atomic E-state index is 15.5. The van der Waals surface area contributed by atoms with Crippen molar-refractivity contribution < 1.29 is 23.8 Å². The molecular formula is C26H31ClFN5O4. The molecule has 11 heteroatoms. The highest BCUT2D eigenvalue weighted by Gasteiger charge is 2.60. The molecule has 37 heavy (non-hydrogen) atoms. The highest BCUT2D eigenvalue weighted by Crippen LogP contribution is 2.51.